The van der Waals surface area contributed by atoms with E-state index < -0.39 is 88.0 Å². The number of rotatable bonds is 7. The van der Waals surface area contributed by atoms with Gasteiger partial charge in [-0.2, -0.15) is 13.2 Å². The van der Waals surface area contributed by atoms with Gasteiger partial charge in [-0.15, -0.1) is 0 Å². The molecule has 0 radical (unpaired) electrons. The van der Waals surface area contributed by atoms with Gasteiger partial charge in [0.1, 0.15) is 42.0 Å². The number of aromatic nitrogens is 1. The molecule has 1 fully saturated rings. The standard InChI is InChI=1S/C39H36F7N3O5/c1-4-53-32(51)15-29-34-35(42)21(3)12-26(36(34)43)33-20(2)6-5-7-30(33)54-19-22-8-9-28(41)25(13-22)37(38(52)47-29)49-16-23(10-11-48-17-24(40)18-48)27(14-31(49)50)39(44,45)46/h5-9,12-14,16,24,29,37H,4,10-11,15,17-19H2,1-3H3,(H,47,52)/t29-,37-/m0/s1. The average molecular weight is 760 g/mol. The smallest absolute Gasteiger partial charge is 0.416 e. The van der Waals surface area contributed by atoms with Gasteiger partial charge in [-0.05, 0) is 73.7 Å². The zero-order valence-corrected chi connectivity index (χ0v) is 29.5. The molecule has 6 rings (SSSR count). The maximum absolute atomic E-state index is 16.9. The van der Waals surface area contributed by atoms with Crippen LogP contribution in [0.2, 0.25) is 0 Å². The number of nitrogens with zero attached hydrogens (tertiary/aromatic N) is 2. The lowest BCUT2D eigenvalue weighted by molar-refractivity contribution is -0.144. The van der Waals surface area contributed by atoms with Crippen LogP contribution in [0.1, 0.15) is 64.4 Å². The number of aryl methyl sites for hydroxylation is 2. The highest BCUT2D eigenvalue weighted by molar-refractivity contribution is 5.85. The number of hydrogen-bond acceptors (Lipinski definition) is 6. The molecule has 0 unspecified atom stereocenters. The van der Waals surface area contributed by atoms with Crippen LogP contribution in [-0.2, 0) is 33.5 Å². The Bertz CT molecular complexity index is 2160. The topological polar surface area (TPSA) is 89.9 Å². The first-order valence-electron chi connectivity index (χ1n) is 17.2. The SMILES string of the molecule is CCOC(=O)C[C@@H]1NC(=O)[C@@H](n2cc(CCN3CC(F)C3)c(C(F)(F)F)cc2=O)c2cc(ccc2F)COc2cccc(C)c2-c2cc(C)c(F)c1c2F. The minimum atomic E-state index is -5.00. The van der Waals surface area contributed by atoms with Crippen molar-refractivity contribution in [1.82, 2.24) is 14.8 Å². The fourth-order valence-electron chi connectivity index (χ4n) is 6.95. The predicted molar refractivity (Wildman–Crippen MR) is 183 cm³/mol. The molecule has 0 spiro atoms. The molecular weight excluding hydrogens is 723 g/mol. The number of ether oxygens (including phenoxy) is 2. The number of benzene rings is 3. The first kappa shape index (κ1) is 38.5. The second-order valence-electron chi connectivity index (χ2n) is 13.4. The lowest BCUT2D eigenvalue weighted by Crippen LogP contribution is -2.49. The summed E-state index contributed by atoms with van der Waals surface area (Å²) in [6.45, 7) is 4.13. The number of pyridine rings is 1. The number of carbonyl (C=O) groups excluding carboxylic acids is 2. The summed E-state index contributed by atoms with van der Waals surface area (Å²) in [6.07, 6.45) is -6.48. The lowest BCUT2D eigenvalue weighted by Gasteiger charge is -2.34. The van der Waals surface area contributed by atoms with E-state index in [1.165, 1.54) is 32.0 Å². The third-order valence-corrected chi connectivity index (χ3v) is 9.62. The molecule has 1 aromatic heterocycles. The van der Waals surface area contributed by atoms with E-state index in [4.69, 9.17) is 9.47 Å². The van der Waals surface area contributed by atoms with E-state index in [-0.39, 0.29) is 73.3 Å². The van der Waals surface area contributed by atoms with Crippen LogP contribution < -0.4 is 15.6 Å². The van der Waals surface area contributed by atoms with Gasteiger partial charge in [0.05, 0.1) is 24.6 Å². The quantitative estimate of drug-likeness (QED) is 0.161. The van der Waals surface area contributed by atoms with Crippen molar-refractivity contribution in [3.05, 3.63) is 121 Å². The molecule has 3 aromatic carbocycles. The first-order valence-corrected chi connectivity index (χ1v) is 17.2. The van der Waals surface area contributed by atoms with Crippen molar-refractivity contribution < 1.29 is 49.8 Å². The molecule has 54 heavy (non-hydrogen) atoms. The van der Waals surface area contributed by atoms with E-state index >= 15 is 13.2 Å². The van der Waals surface area contributed by atoms with Gasteiger partial charge >= 0.3 is 12.1 Å². The number of likely N-dealkylation sites (tertiary alicyclic amines) is 1. The Kier molecular flexibility index (Phi) is 10.9. The molecule has 4 bridgehead atoms. The van der Waals surface area contributed by atoms with E-state index in [0.717, 1.165) is 12.3 Å². The molecule has 2 aliphatic heterocycles. The van der Waals surface area contributed by atoms with Crippen LogP contribution in [0.3, 0.4) is 0 Å². The highest BCUT2D eigenvalue weighted by Gasteiger charge is 2.38. The third kappa shape index (κ3) is 7.72. The van der Waals surface area contributed by atoms with Gasteiger partial charge in [0.2, 0.25) is 5.91 Å². The Morgan fingerprint density at radius 3 is 2.43 bits per heavy atom. The molecule has 3 heterocycles. The van der Waals surface area contributed by atoms with Gasteiger partial charge < -0.3 is 14.8 Å². The van der Waals surface area contributed by atoms with Crippen molar-refractivity contribution in [2.75, 3.05) is 26.2 Å². The molecule has 2 aliphatic rings. The minimum absolute atomic E-state index is 0.00574. The molecule has 15 heteroatoms. The lowest BCUT2D eigenvalue weighted by atomic mass is 9.90. The second-order valence-corrected chi connectivity index (χ2v) is 13.4. The van der Waals surface area contributed by atoms with Crippen molar-refractivity contribution >= 4 is 11.9 Å². The highest BCUT2D eigenvalue weighted by atomic mass is 19.4. The summed E-state index contributed by atoms with van der Waals surface area (Å²) in [6, 6.07) is 6.08. The fraction of sp³-hybridized carbons (Fsp3) is 0.359. The number of nitrogens with one attached hydrogen (secondary N) is 1. The van der Waals surface area contributed by atoms with Crippen LogP contribution in [0.15, 0.2) is 59.5 Å². The normalized spacial score (nSPS) is 17.9. The Balaban J connectivity index is 1.58. The van der Waals surface area contributed by atoms with Crippen LogP contribution in [0.25, 0.3) is 11.1 Å². The monoisotopic (exact) mass is 759 g/mol. The van der Waals surface area contributed by atoms with Gasteiger partial charge in [-0.3, -0.25) is 23.9 Å². The van der Waals surface area contributed by atoms with Crippen LogP contribution >= 0.6 is 0 Å². The number of fused-ring (bicyclic) bond motifs is 6. The molecule has 4 aromatic rings. The van der Waals surface area contributed by atoms with Crippen LogP contribution in [0, 0.1) is 31.3 Å². The zero-order chi connectivity index (χ0) is 39.1. The van der Waals surface area contributed by atoms with Crippen molar-refractivity contribution in [3.8, 4) is 16.9 Å². The molecule has 1 N–H and O–H groups in total. The number of halogens is 7. The van der Waals surface area contributed by atoms with E-state index in [9.17, 15) is 31.9 Å². The summed E-state index contributed by atoms with van der Waals surface area (Å²) in [5, 5.41) is 2.42. The summed E-state index contributed by atoms with van der Waals surface area (Å²) in [5.41, 5.74) is -3.42. The van der Waals surface area contributed by atoms with Crippen molar-refractivity contribution in [2.45, 2.75) is 64.7 Å². The number of esters is 1. The Labute approximate surface area is 305 Å². The summed E-state index contributed by atoms with van der Waals surface area (Å²) in [5.74, 6) is -5.38. The van der Waals surface area contributed by atoms with Gasteiger partial charge in [-0.25, -0.2) is 17.6 Å². The summed E-state index contributed by atoms with van der Waals surface area (Å²) in [4.78, 5) is 42.6. The molecule has 8 nitrogen and oxygen atoms in total. The van der Waals surface area contributed by atoms with Crippen molar-refractivity contribution in [2.24, 2.45) is 0 Å². The fourth-order valence-corrected chi connectivity index (χ4v) is 6.95. The molecule has 0 saturated carbocycles. The highest BCUT2D eigenvalue weighted by Crippen LogP contribution is 2.41. The summed E-state index contributed by atoms with van der Waals surface area (Å²) >= 11 is 0. The van der Waals surface area contributed by atoms with Gasteiger partial charge in [0.25, 0.3) is 5.56 Å². The Hall–Kier alpha value is -5.18. The first-order chi connectivity index (χ1) is 25.6. The summed E-state index contributed by atoms with van der Waals surface area (Å²) < 4.78 is 117. The maximum atomic E-state index is 16.9. The minimum Gasteiger partial charge on any atom is -0.488 e. The largest absolute Gasteiger partial charge is 0.488 e. The number of carbonyl (C=O) groups is 2. The van der Waals surface area contributed by atoms with E-state index in [2.05, 4.69) is 5.32 Å². The van der Waals surface area contributed by atoms with E-state index in [1.54, 1.807) is 30.0 Å². The molecule has 1 amide bonds. The van der Waals surface area contributed by atoms with Gasteiger partial charge in [0.15, 0.2) is 0 Å². The van der Waals surface area contributed by atoms with Gasteiger partial charge in [0, 0.05) is 54.2 Å². The van der Waals surface area contributed by atoms with E-state index in [0.29, 0.717) is 10.1 Å². The molecule has 1 saturated heterocycles. The average Bonchev–Trinajstić information content (AvgIpc) is 3.08. The number of hydrogen-bond donors (Lipinski definition) is 1. The second kappa shape index (κ2) is 15.3. The summed E-state index contributed by atoms with van der Waals surface area (Å²) in [7, 11) is 0. The Morgan fingerprint density at radius 1 is 1.00 bits per heavy atom. The van der Waals surface area contributed by atoms with Crippen LogP contribution in [0.5, 0.6) is 5.75 Å². The molecule has 0 aliphatic carbocycles. The Morgan fingerprint density at radius 2 is 1.74 bits per heavy atom. The van der Waals surface area contributed by atoms with Crippen LogP contribution in [0.4, 0.5) is 30.7 Å². The molecule has 286 valence electrons. The third-order valence-electron chi connectivity index (χ3n) is 9.62. The maximum Gasteiger partial charge on any atom is 0.416 e. The van der Waals surface area contributed by atoms with Gasteiger partial charge in [-0.1, -0.05) is 18.2 Å². The number of amides is 1. The van der Waals surface area contributed by atoms with Crippen molar-refractivity contribution in [3.63, 3.8) is 0 Å². The number of alkyl halides is 4. The van der Waals surface area contributed by atoms with Crippen LogP contribution in [-0.4, -0.2) is 53.8 Å². The molecule has 2 atom stereocenters. The van der Waals surface area contributed by atoms with E-state index in [1.807, 2.05) is 0 Å². The van der Waals surface area contributed by atoms with Crippen molar-refractivity contribution in [1.29, 1.82) is 0 Å². The zero-order valence-electron chi connectivity index (χ0n) is 29.5. The predicted octanol–water partition coefficient (Wildman–Crippen LogP) is 7.06. The molecular formula is C39H36F7N3O5.